The van der Waals surface area contributed by atoms with Crippen LogP contribution in [0.15, 0.2) is 24.3 Å². The Morgan fingerprint density at radius 3 is 2.58 bits per heavy atom. The molecule has 0 heterocycles. The van der Waals surface area contributed by atoms with Crippen LogP contribution < -0.4 is 0 Å². The van der Waals surface area contributed by atoms with Crippen molar-refractivity contribution in [2.75, 3.05) is 6.61 Å². The Bertz CT molecular complexity index is 346. The zero-order valence-electron chi connectivity index (χ0n) is 11.2. The molecule has 0 aliphatic heterocycles. The minimum absolute atomic E-state index is 0.214. The van der Waals surface area contributed by atoms with E-state index in [1.54, 1.807) is 24.3 Å². The Kier molecular flexibility index (Phi) is 2.07. The first-order valence-corrected chi connectivity index (χ1v) is 3.99. The monoisotopic (exact) mass is 168 g/mol. The molecule has 0 aliphatic carbocycles. The van der Waals surface area contributed by atoms with Crippen molar-refractivity contribution >= 4 is 0 Å². The smallest absolute Gasteiger partial charge is 0.0431 e. The molecule has 0 saturated heterocycles. The van der Waals surface area contributed by atoms with Gasteiger partial charge in [-0.3, -0.25) is 0 Å². The summed E-state index contributed by atoms with van der Waals surface area (Å²) in [6.45, 7) is 1.53. The Morgan fingerprint density at radius 1 is 1.33 bits per heavy atom. The predicted octanol–water partition coefficient (Wildman–Crippen LogP) is 2.31. The number of hydrogen-bond donors (Lipinski definition) is 1. The maximum atomic E-state index is 8.75. The zero-order valence-corrected chi connectivity index (χ0v) is 7.17. The van der Waals surface area contributed by atoms with Crippen molar-refractivity contribution in [2.45, 2.75) is 26.1 Å². The van der Waals surface area contributed by atoms with Gasteiger partial charge in [-0.25, -0.2) is 0 Å². The molecule has 0 radical (unpaired) electrons. The minimum atomic E-state index is -2.09. The zero-order chi connectivity index (χ0) is 12.4. The van der Waals surface area contributed by atoms with Crippen LogP contribution in [-0.2, 0) is 6.37 Å². The third-order valence-electron chi connectivity index (χ3n) is 1.52. The van der Waals surface area contributed by atoms with Crippen LogP contribution in [0.4, 0.5) is 0 Å². The van der Waals surface area contributed by atoms with Crippen molar-refractivity contribution in [1.29, 1.82) is 0 Å². The maximum absolute atomic E-state index is 8.75. The highest BCUT2D eigenvalue weighted by atomic mass is 16.2. The Balaban J connectivity index is 3.05. The van der Waals surface area contributed by atoms with Crippen molar-refractivity contribution in [3.8, 4) is 0 Å². The minimum Gasteiger partial charge on any atom is -0.396 e. The molecule has 0 unspecified atom stereocenters. The van der Waals surface area contributed by atoms with Gasteiger partial charge in [0, 0.05) is 12.1 Å². The SMILES string of the molecule is [2H]C([2H])(CCO)C([2H])([2H])c1ccc(C)cc1. The summed E-state index contributed by atoms with van der Waals surface area (Å²) in [5, 5.41) is 8.75. The number of aryl methyl sites for hydroxylation is 2. The number of aliphatic hydroxyl groups is 1. The van der Waals surface area contributed by atoms with Gasteiger partial charge in [0.25, 0.3) is 0 Å². The molecule has 0 spiro atoms. The largest absolute Gasteiger partial charge is 0.396 e. The summed E-state index contributed by atoms with van der Waals surface area (Å²) >= 11 is 0. The van der Waals surface area contributed by atoms with Gasteiger partial charge < -0.3 is 5.11 Å². The maximum Gasteiger partial charge on any atom is 0.0431 e. The molecule has 12 heavy (non-hydrogen) atoms. The van der Waals surface area contributed by atoms with Crippen LogP contribution in [0.1, 0.15) is 29.4 Å². The van der Waals surface area contributed by atoms with Gasteiger partial charge in [-0.05, 0) is 31.7 Å². The highest BCUT2D eigenvalue weighted by Gasteiger charge is 1.91. The fourth-order valence-corrected chi connectivity index (χ4v) is 0.857. The van der Waals surface area contributed by atoms with E-state index in [0.29, 0.717) is 5.56 Å². The quantitative estimate of drug-likeness (QED) is 0.731. The van der Waals surface area contributed by atoms with Crippen molar-refractivity contribution in [2.24, 2.45) is 0 Å². The van der Waals surface area contributed by atoms with Gasteiger partial charge in [0.2, 0.25) is 0 Å². The molecule has 0 atom stereocenters. The molecule has 1 aromatic rings. The summed E-state index contributed by atoms with van der Waals surface area (Å²) in [6, 6.07) is 6.68. The highest BCUT2D eigenvalue weighted by molar-refractivity contribution is 5.21. The molecule has 66 valence electrons. The van der Waals surface area contributed by atoms with E-state index in [1.807, 2.05) is 6.92 Å². The highest BCUT2D eigenvalue weighted by Crippen LogP contribution is 2.06. The molecular weight excluding hydrogens is 148 g/mol. The standard InChI is InChI=1S/C11H16O/c1-10-5-7-11(8-6-10)4-2-3-9-12/h5-8,12H,2-4,9H2,1H3/i2D2,4D2. The molecule has 1 aromatic carbocycles. The number of aliphatic hydroxyl groups excluding tert-OH is 1. The Hall–Kier alpha value is -0.820. The first kappa shape index (κ1) is 5.03. The van der Waals surface area contributed by atoms with Crippen LogP contribution in [0.2, 0.25) is 0 Å². The first-order chi connectivity index (χ1) is 7.31. The lowest BCUT2D eigenvalue weighted by molar-refractivity contribution is 0.284. The van der Waals surface area contributed by atoms with E-state index >= 15 is 0 Å². The van der Waals surface area contributed by atoms with Crippen LogP contribution in [0.5, 0.6) is 0 Å². The first-order valence-electron chi connectivity index (χ1n) is 5.99. The van der Waals surface area contributed by atoms with E-state index in [-0.39, 0.29) is 13.0 Å². The third-order valence-corrected chi connectivity index (χ3v) is 1.52. The number of hydrogen-bond acceptors (Lipinski definition) is 1. The second-order valence-electron chi connectivity index (χ2n) is 2.64. The van der Waals surface area contributed by atoms with Crippen molar-refractivity contribution in [3.63, 3.8) is 0 Å². The van der Waals surface area contributed by atoms with Crippen molar-refractivity contribution in [1.82, 2.24) is 0 Å². The molecule has 0 fully saturated rings. The summed E-state index contributed by atoms with van der Waals surface area (Å²) in [7, 11) is 0. The molecule has 0 amide bonds. The van der Waals surface area contributed by atoms with Crippen molar-refractivity contribution < 1.29 is 10.6 Å². The molecule has 1 N–H and O–H groups in total. The normalized spacial score (nSPS) is 17.5. The van der Waals surface area contributed by atoms with Gasteiger partial charge in [-0.15, -0.1) is 0 Å². The lowest BCUT2D eigenvalue weighted by Gasteiger charge is -2.00. The number of benzene rings is 1. The molecule has 0 bridgehead atoms. The Labute approximate surface area is 79.7 Å². The summed E-state index contributed by atoms with van der Waals surface area (Å²) in [5.74, 6) is 0. The van der Waals surface area contributed by atoms with E-state index in [9.17, 15) is 0 Å². The van der Waals surface area contributed by atoms with E-state index in [0.717, 1.165) is 5.56 Å². The fraction of sp³-hybridized carbons (Fsp3) is 0.455. The summed E-state index contributed by atoms with van der Waals surface area (Å²) in [5.41, 5.74) is 1.30. The van der Waals surface area contributed by atoms with E-state index in [1.165, 1.54) is 0 Å². The third kappa shape index (κ3) is 3.05. The van der Waals surface area contributed by atoms with Crippen LogP contribution in [0.25, 0.3) is 0 Å². The average Bonchev–Trinajstić information content (AvgIpc) is 2.18. The second-order valence-corrected chi connectivity index (χ2v) is 2.64. The topological polar surface area (TPSA) is 20.2 Å². The molecule has 1 nitrogen and oxygen atoms in total. The van der Waals surface area contributed by atoms with E-state index in [4.69, 9.17) is 10.6 Å². The molecule has 1 heteroatoms. The van der Waals surface area contributed by atoms with E-state index < -0.39 is 12.7 Å². The average molecular weight is 168 g/mol. The van der Waals surface area contributed by atoms with Gasteiger partial charge in [0.15, 0.2) is 0 Å². The molecular formula is C11H16O. The van der Waals surface area contributed by atoms with Gasteiger partial charge in [0.05, 0.1) is 0 Å². The van der Waals surface area contributed by atoms with Gasteiger partial charge >= 0.3 is 0 Å². The predicted molar refractivity (Wildman–Crippen MR) is 51.2 cm³/mol. The molecule has 0 aromatic heterocycles. The second kappa shape index (κ2) is 4.94. The summed E-state index contributed by atoms with van der Waals surface area (Å²) in [6.07, 6.45) is -4.38. The van der Waals surface area contributed by atoms with Crippen molar-refractivity contribution in [3.05, 3.63) is 35.4 Å². The van der Waals surface area contributed by atoms with Gasteiger partial charge in [0.1, 0.15) is 0 Å². The van der Waals surface area contributed by atoms with Crippen LogP contribution in [0.3, 0.4) is 0 Å². The lowest BCUT2D eigenvalue weighted by Crippen LogP contribution is -1.88. The fourth-order valence-electron chi connectivity index (χ4n) is 0.857. The Morgan fingerprint density at radius 2 is 2.00 bits per heavy atom. The van der Waals surface area contributed by atoms with Gasteiger partial charge in [-0.1, -0.05) is 29.8 Å². The lowest BCUT2D eigenvalue weighted by atomic mass is 10.1. The van der Waals surface area contributed by atoms with Crippen LogP contribution in [0, 0.1) is 6.92 Å². The van der Waals surface area contributed by atoms with Gasteiger partial charge in [-0.2, -0.15) is 0 Å². The number of rotatable bonds is 4. The van der Waals surface area contributed by atoms with Crippen LogP contribution >= 0.6 is 0 Å². The van der Waals surface area contributed by atoms with E-state index in [2.05, 4.69) is 0 Å². The molecule has 1 rings (SSSR count). The summed E-state index contributed by atoms with van der Waals surface area (Å²) in [4.78, 5) is 0. The van der Waals surface area contributed by atoms with Crippen LogP contribution in [-0.4, -0.2) is 11.7 Å². The summed E-state index contributed by atoms with van der Waals surface area (Å²) < 4.78 is 31.0. The molecule has 0 saturated carbocycles. The molecule has 0 aliphatic rings.